The summed E-state index contributed by atoms with van der Waals surface area (Å²) in [6.45, 7) is 1.56. The standard InChI is InChI=1S/C24H19F3N2O3/c1-14-18(19-10-17(25)4-6-22(19)29(14)13-24(31)32)8-15-3-7-23(30)28(11-15)12-16-2-5-20(26)21(27)9-16/h2-7,9-11H,8,12-13H2,1H3,(H,31,32). The first-order chi connectivity index (χ1) is 15.2. The van der Waals surface area contributed by atoms with Crippen LogP contribution in [0, 0.1) is 24.4 Å². The predicted molar refractivity (Wildman–Crippen MR) is 113 cm³/mol. The van der Waals surface area contributed by atoms with Crippen LogP contribution in [0.1, 0.15) is 22.4 Å². The van der Waals surface area contributed by atoms with Crippen molar-refractivity contribution in [3.05, 3.63) is 105 Å². The lowest BCUT2D eigenvalue weighted by Gasteiger charge is -2.10. The van der Waals surface area contributed by atoms with Gasteiger partial charge in [-0.2, -0.15) is 0 Å². The number of rotatable bonds is 6. The summed E-state index contributed by atoms with van der Waals surface area (Å²) in [5, 5.41) is 9.86. The molecule has 0 aliphatic heterocycles. The van der Waals surface area contributed by atoms with Gasteiger partial charge < -0.3 is 14.2 Å². The minimum Gasteiger partial charge on any atom is -0.480 e. The van der Waals surface area contributed by atoms with Gasteiger partial charge in [0.25, 0.3) is 5.56 Å². The van der Waals surface area contributed by atoms with E-state index in [1.165, 1.54) is 28.8 Å². The zero-order valence-electron chi connectivity index (χ0n) is 17.1. The van der Waals surface area contributed by atoms with Crippen molar-refractivity contribution in [2.75, 3.05) is 0 Å². The van der Waals surface area contributed by atoms with Crippen molar-refractivity contribution >= 4 is 16.9 Å². The Kier molecular flexibility index (Phi) is 5.61. The smallest absolute Gasteiger partial charge is 0.323 e. The van der Waals surface area contributed by atoms with E-state index in [0.717, 1.165) is 23.3 Å². The van der Waals surface area contributed by atoms with Crippen LogP contribution in [0.25, 0.3) is 10.9 Å². The summed E-state index contributed by atoms with van der Waals surface area (Å²) in [5.74, 6) is -3.40. The van der Waals surface area contributed by atoms with Gasteiger partial charge in [-0.1, -0.05) is 12.1 Å². The van der Waals surface area contributed by atoms with Gasteiger partial charge in [0.05, 0.1) is 6.54 Å². The van der Waals surface area contributed by atoms with Crippen LogP contribution in [0.4, 0.5) is 13.2 Å². The van der Waals surface area contributed by atoms with Crippen LogP contribution in [0.3, 0.4) is 0 Å². The molecule has 8 heteroatoms. The molecule has 0 unspecified atom stereocenters. The van der Waals surface area contributed by atoms with Gasteiger partial charge in [0.2, 0.25) is 0 Å². The summed E-state index contributed by atoms with van der Waals surface area (Å²) in [7, 11) is 0. The van der Waals surface area contributed by atoms with Crippen molar-refractivity contribution in [2.45, 2.75) is 26.4 Å². The van der Waals surface area contributed by atoms with Crippen molar-refractivity contribution < 1.29 is 23.1 Å². The third-order valence-corrected chi connectivity index (χ3v) is 5.47. The van der Waals surface area contributed by atoms with E-state index in [0.29, 0.717) is 28.6 Å². The topological polar surface area (TPSA) is 64.2 Å². The molecule has 0 aliphatic rings. The summed E-state index contributed by atoms with van der Waals surface area (Å²) in [5.41, 5.74) is 2.89. The van der Waals surface area contributed by atoms with Crippen LogP contribution in [-0.2, 0) is 24.3 Å². The number of halogens is 3. The summed E-state index contributed by atoms with van der Waals surface area (Å²) < 4.78 is 43.7. The number of nitrogens with zero attached hydrogens (tertiary/aromatic N) is 2. The molecule has 0 fully saturated rings. The van der Waals surface area contributed by atoms with Crippen molar-refractivity contribution in [3.8, 4) is 0 Å². The molecule has 164 valence electrons. The third kappa shape index (κ3) is 4.16. The van der Waals surface area contributed by atoms with Crippen molar-refractivity contribution in [1.82, 2.24) is 9.13 Å². The lowest BCUT2D eigenvalue weighted by Crippen LogP contribution is -2.20. The molecule has 0 aliphatic carbocycles. The zero-order chi connectivity index (χ0) is 23.0. The molecule has 0 atom stereocenters. The average Bonchev–Trinajstić information content (AvgIpc) is 2.98. The third-order valence-electron chi connectivity index (χ3n) is 5.47. The van der Waals surface area contributed by atoms with Gasteiger partial charge in [-0.3, -0.25) is 9.59 Å². The number of aromatic nitrogens is 2. The highest BCUT2D eigenvalue weighted by Gasteiger charge is 2.17. The van der Waals surface area contributed by atoms with E-state index >= 15 is 0 Å². The minimum atomic E-state index is -1.01. The number of pyridine rings is 1. The van der Waals surface area contributed by atoms with Crippen LogP contribution >= 0.6 is 0 Å². The number of hydrogen-bond donors (Lipinski definition) is 1. The Hall–Kier alpha value is -3.81. The maximum Gasteiger partial charge on any atom is 0.323 e. The molecule has 1 N–H and O–H groups in total. The lowest BCUT2D eigenvalue weighted by atomic mass is 10.0. The molecule has 32 heavy (non-hydrogen) atoms. The fourth-order valence-corrected chi connectivity index (χ4v) is 3.93. The Morgan fingerprint density at radius 1 is 0.969 bits per heavy atom. The summed E-state index contributed by atoms with van der Waals surface area (Å²) >= 11 is 0. The highest BCUT2D eigenvalue weighted by Crippen LogP contribution is 2.29. The quantitative estimate of drug-likeness (QED) is 0.488. The first-order valence-corrected chi connectivity index (χ1v) is 9.85. The molecule has 0 radical (unpaired) electrons. The Bertz CT molecular complexity index is 1410. The number of benzene rings is 2. The first kappa shape index (κ1) is 21.4. The molecule has 2 aromatic carbocycles. The van der Waals surface area contributed by atoms with Gasteiger partial charge in [0, 0.05) is 35.3 Å². The number of fused-ring (bicyclic) bond motifs is 1. The molecule has 2 aromatic heterocycles. The van der Waals surface area contributed by atoms with Crippen LogP contribution in [0.2, 0.25) is 0 Å². The summed E-state index contributed by atoms with van der Waals surface area (Å²) in [4.78, 5) is 23.6. The zero-order valence-corrected chi connectivity index (χ0v) is 17.1. The summed E-state index contributed by atoms with van der Waals surface area (Å²) in [6, 6.07) is 10.7. The van der Waals surface area contributed by atoms with E-state index in [1.807, 2.05) is 0 Å². The van der Waals surface area contributed by atoms with Gasteiger partial charge in [-0.25, -0.2) is 13.2 Å². The molecule has 0 bridgehead atoms. The molecule has 4 rings (SSSR count). The number of hydrogen-bond acceptors (Lipinski definition) is 2. The molecular formula is C24H19F3N2O3. The van der Waals surface area contributed by atoms with Crippen LogP contribution in [-0.4, -0.2) is 20.2 Å². The molecule has 0 saturated carbocycles. The minimum absolute atomic E-state index is 0.0538. The van der Waals surface area contributed by atoms with E-state index in [2.05, 4.69) is 0 Å². The van der Waals surface area contributed by atoms with Crippen molar-refractivity contribution in [3.63, 3.8) is 0 Å². The van der Waals surface area contributed by atoms with Gasteiger partial charge in [0.1, 0.15) is 12.4 Å². The second kappa shape index (κ2) is 8.37. The second-order valence-electron chi connectivity index (χ2n) is 7.63. The molecule has 0 amide bonds. The molecule has 0 saturated heterocycles. The van der Waals surface area contributed by atoms with E-state index in [1.54, 1.807) is 29.8 Å². The van der Waals surface area contributed by atoms with Crippen molar-refractivity contribution in [1.29, 1.82) is 0 Å². The SMILES string of the molecule is Cc1c(Cc2ccc(=O)n(Cc3ccc(F)c(F)c3)c2)c2cc(F)ccc2n1CC(=O)O. The van der Waals surface area contributed by atoms with E-state index in [-0.39, 0.29) is 18.6 Å². The normalized spacial score (nSPS) is 11.2. The number of carboxylic acid groups (broad SMARTS) is 1. The molecule has 2 heterocycles. The average molecular weight is 440 g/mol. The van der Waals surface area contributed by atoms with Gasteiger partial charge in [-0.15, -0.1) is 0 Å². The maximum absolute atomic E-state index is 14.0. The fourth-order valence-electron chi connectivity index (χ4n) is 3.93. The number of aliphatic carboxylic acids is 1. The monoisotopic (exact) mass is 440 g/mol. The Labute approximate surface area is 181 Å². The first-order valence-electron chi connectivity index (χ1n) is 9.85. The largest absolute Gasteiger partial charge is 0.480 e. The molecule has 4 aromatic rings. The van der Waals surface area contributed by atoms with Gasteiger partial charge in [0.15, 0.2) is 11.6 Å². The van der Waals surface area contributed by atoms with E-state index in [9.17, 15) is 27.9 Å². The highest BCUT2D eigenvalue weighted by atomic mass is 19.2. The van der Waals surface area contributed by atoms with Crippen LogP contribution in [0.5, 0.6) is 0 Å². The Balaban J connectivity index is 1.73. The van der Waals surface area contributed by atoms with E-state index < -0.39 is 23.4 Å². The van der Waals surface area contributed by atoms with Crippen molar-refractivity contribution in [2.24, 2.45) is 0 Å². The Morgan fingerprint density at radius 3 is 2.44 bits per heavy atom. The number of carbonyl (C=O) groups is 1. The lowest BCUT2D eigenvalue weighted by molar-refractivity contribution is -0.137. The molecule has 5 nitrogen and oxygen atoms in total. The predicted octanol–water partition coefficient (Wildman–Crippen LogP) is 4.25. The second-order valence-corrected chi connectivity index (χ2v) is 7.63. The van der Waals surface area contributed by atoms with Gasteiger partial charge >= 0.3 is 5.97 Å². The van der Waals surface area contributed by atoms with E-state index in [4.69, 9.17) is 0 Å². The van der Waals surface area contributed by atoms with Crippen LogP contribution in [0.15, 0.2) is 59.5 Å². The Morgan fingerprint density at radius 2 is 1.72 bits per heavy atom. The molecular weight excluding hydrogens is 421 g/mol. The highest BCUT2D eigenvalue weighted by molar-refractivity contribution is 5.87. The molecule has 0 spiro atoms. The fraction of sp³-hybridized carbons (Fsp3) is 0.167. The number of carboxylic acids is 1. The maximum atomic E-state index is 14.0. The van der Waals surface area contributed by atoms with Crippen LogP contribution < -0.4 is 5.56 Å². The summed E-state index contributed by atoms with van der Waals surface area (Å²) in [6.07, 6.45) is 1.94. The van der Waals surface area contributed by atoms with Gasteiger partial charge in [-0.05, 0) is 53.9 Å².